The van der Waals surface area contributed by atoms with Crippen LogP contribution in [0.15, 0.2) is 156 Å². The molecule has 6 nitrogen and oxygen atoms in total. The minimum absolute atomic E-state index is 0.788. The molecule has 3 aliphatic heterocycles. The highest BCUT2D eigenvalue weighted by molar-refractivity contribution is 6.54. The third kappa shape index (κ3) is 5.75. The van der Waals surface area contributed by atoms with Gasteiger partial charge in [0.1, 0.15) is 17.3 Å². The van der Waals surface area contributed by atoms with E-state index in [1.165, 1.54) is 22.3 Å². The lowest BCUT2D eigenvalue weighted by molar-refractivity contribution is 0.403. The monoisotopic (exact) mass is 730 g/mol. The molecule has 0 saturated carbocycles. The molecule has 0 saturated heterocycles. The summed E-state index contributed by atoms with van der Waals surface area (Å²) in [5, 5.41) is 0. The predicted molar refractivity (Wildman–Crippen MR) is 225 cm³/mol. The lowest BCUT2D eigenvalue weighted by atomic mass is 9.88. The van der Waals surface area contributed by atoms with Crippen molar-refractivity contribution < 1.29 is 9.47 Å². The van der Waals surface area contributed by atoms with Crippen molar-refractivity contribution in [3.63, 3.8) is 0 Å². The molecule has 0 aliphatic carbocycles. The Kier molecular flexibility index (Phi) is 8.47. The standard InChI is InChI=1S/C50H42N4O2/c1-55-41-27-23-38(24-28-41)45-46(39-25-29-42(56-2)30-26-39)53-50(52-45)44-32-34-12-9-11-33-19-21-35(17-10-18-36(44)22-20-34)43(31-33)49-51-47(37-13-5-3-6-14-37)48(54(49)50)40-15-7-4-8-16-40/h3-8,13-16,19-32H,9-12,17-18H2,1-2H3. The zero-order valence-corrected chi connectivity index (χ0v) is 31.7. The third-order valence-corrected chi connectivity index (χ3v) is 11.5. The highest BCUT2D eigenvalue weighted by atomic mass is 16.5. The Hall–Kier alpha value is -6.53. The van der Waals surface area contributed by atoms with Gasteiger partial charge in [0.25, 0.3) is 5.79 Å². The molecule has 6 heteroatoms. The van der Waals surface area contributed by atoms with E-state index in [0.29, 0.717) is 0 Å². The van der Waals surface area contributed by atoms with Crippen LogP contribution in [0.4, 0.5) is 0 Å². The van der Waals surface area contributed by atoms with Crippen molar-refractivity contribution in [1.82, 2.24) is 9.55 Å². The minimum atomic E-state index is -1.25. The van der Waals surface area contributed by atoms with E-state index in [-0.39, 0.29) is 0 Å². The smallest absolute Gasteiger partial charge is 0.261 e. The number of ether oxygens (including phenoxy) is 2. The number of rotatable bonds is 6. The summed E-state index contributed by atoms with van der Waals surface area (Å²) in [7, 11) is 3.40. The van der Waals surface area contributed by atoms with Crippen molar-refractivity contribution in [3.05, 3.63) is 185 Å². The fourth-order valence-electron chi connectivity index (χ4n) is 8.73. The van der Waals surface area contributed by atoms with Crippen molar-refractivity contribution in [2.45, 2.75) is 44.3 Å². The lowest BCUT2D eigenvalue weighted by Crippen LogP contribution is -2.33. The molecule has 3 aliphatic rings. The molecule has 1 aromatic heterocycles. The summed E-state index contributed by atoms with van der Waals surface area (Å²) in [6.45, 7) is 0. The van der Waals surface area contributed by atoms with E-state index in [2.05, 4.69) is 126 Å². The number of imidazole rings is 1. The van der Waals surface area contributed by atoms with Gasteiger partial charge in [-0.3, -0.25) is 4.57 Å². The van der Waals surface area contributed by atoms with Crippen molar-refractivity contribution >= 4 is 11.4 Å². The number of hydrogen-bond donors (Lipinski definition) is 0. The van der Waals surface area contributed by atoms with E-state index in [4.69, 9.17) is 24.4 Å². The molecule has 0 N–H and O–H groups in total. The van der Waals surface area contributed by atoms with Gasteiger partial charge in [-0.15, -0.1) is 0 Å². The summed E-state index contributed by atoms with van der Waals surface area (Å²) < 4.78 is 13.6. The second-order valence-electron chi connectivity index (χ2n) is 14.9. The molecule has 10 rings (SSSR count). The fraction of sp³-hybridized carbons (Fsp3) is 0.180. The predicted octanol–water partition coefficient (Wildman–Crippen LogP) is 10.5. The minimum Gasteiger partial charge on any atom is -0.497 e. The van der Waals surface area contributed by atoms with Gasteiger partial charge in [0, 0.05) is 33.4 Å². The first kappa shape index (κ1) is 34.0. The average Bonchev–Trinajstić information content (AvgIpc) is 3.86. The molecule has 4 bridgehead atoms. The highest BCUT2D eigenvalue weighted by Crippen LogP contribution is 2.49. The van der Waals surface area contributed by atoms with Crippen LogP contribution in [-0.2, 0) is 31.5 Å². The first-order valence-electron chi connectivity index (χ1n) is 19.6. The van der Waals surface area contributed by atoms with Crippen molar-refractivity contribution in [3.8, 4) is 45.4 Å². The van der Waals surface area contributed by atoms with Crippen LogP contribution in [-0.4, -0.2) is 35.2 Å². The van der Waals surface area contributed by atoms with E-state index >= 15 is 0 Å². The Bertz CT molecular complexity index is 2580. The van der Waals surface area contributed by atoms with Gasteiger partial charge in [-0.05, 0) is 121 Å². The van der Waals surface area contributed by atoms with E-state index in [9.17, 15) is 0 Å². The molecule has 0 radical (unpaired) electrons. The maximum Gasteiger partial charge on any atom is 0.261 e. The van der Waals surface area contributed by atoms with Crippen LogP contribution < -0.4 is 9.47 Å². The van der Waals surface area contributed by atoms with E-state index in [0.717, 1.165) is 112 Å². The molecule has 1 spiro atoms. The summed E-state index contributed by atoms with van der Waals surface area (Å²) >= 11 is 0. The summed E-state index contributed by atoms with van der Waals surface area (Å²) in [5.41, 5.74) is 14.9. The molecular formula is C50H42N4O2. The fourth-order valence-corrected chi connectivity index (χ4v) is 8.73. The topological polar surface area (TPSA) is 61.0 Å². The molecular weight excluding hydrogens is 689 g/mol. The summed E-state index contributed by atoms with van der Waals surface area (Å²) in [6, 6.07) is 51.8. The van der Waals surface area contributed by atoms with Gasteiger partial charge < -0.3 is 9.47 Å². The van der Waals surface area contributed by atoms with Crippen LogP contribution >= 0.6 is 0 Å². The van der Waals surface area contributed by atoms with Crippen LogP contribution in [0, 0.1) is 0 Å². The first-order chi connectivity index (χ1) is 27.6. The SMILES string of the molecule is COc1ccc(C2=NC3(N=C2c2ccc(OC)cc2)c2cc4ccc2CCCc2ccc(cc2-c2nc(-c5ccccc5)c(-c5ccccc5)n23)CCC4)cc1. The van der Waals surface area contributed by atoms with Gasteiger partial charge in [0.05, 0.1) is 37.0 Å². The maximum atomic E-state index is 6.01. The number of nitrogens with zero attached hydrogens (tertiary/aromatic N) is 4. The summed E-state index contributed by atoms with van der Waals surface area (Å²) in [4.78, 5) is 17.8. The van der Waals surface area contributed by atoms with Crippen LogP contribution in [0.3, 0.4) is 0 Å². The van der Waals surface area contributed by atoms with Gasteiger partial charge in [-0.25, -0.2) is 15.0 Å². The number of benzene rings is 6. The number of methoxy groups -OCH3 is 2. The third-order valence-electron chi connectivity index (χ3n) is 11.5. The highest BCUT2D eigenvalue weighted by Gasteiger charge is 2.47. The largest absolute Gasteiger partial charge is 0.497 e. The van der Waals surface area contributed by atoms with Gasteiger partial charge in [-0.1, -0.05) is 84.9 Å². The number of hydrogen-bond acceptors (Lipinski definition) is 5. The zero-order valence-electron chi connectivity index (χ0n) is 31.7. The second-order valence-corrected chi connectivity index (χ2v) is 14.9. The van der Waals surface area contributed by atoms with Gasteiger partial charge in [-0.2, -0.15) is 0 Å². The van der Waals surface area contributed by atoms with Crippen molar-refractivity contribution in [2.24, 2.45) is 9.98 Å². The molecule has 6 aromatic carbocycles. The lowest BCUT2D eigenvalue weighted by Gasteiger charge is -2.33. The molecule has 274 valence electrons. The van der Waals surface area contributed by atoms with Gasteiger partial charge in [0.2, 0.25) is 0 Å². The number of fused-ring (bicyclic) bond motifs is 2. The van der Waals surface area contributed by atoms with Crippen molar-refractivity contribution in [2.75, 3.05) is 14.2 Å². The van der Waals surface area contributed by atoms with Crippen molar-refractivity contribution in [1.29, 1.82) is 0 Å². The zero-order chi connectivity index (χ0) is 37.6. The Morgan fingerprint density at radius 3 is 1.66 bits per heavy atom. The quantitative estimate of drug-likeness (QED) is 0.171. The van der Waals surface area contributed by atoms with Crippen LogP contribution in [0.1, 0.15) is 51.8 Å². The molecule has 0 amide bonds. The Labute approximate surface area is 327 Å². The molecule has 4 heterocycles. The van der Waals surface area contributed by atoms with E-state index in [1.807, 2.05) is 24.3 Å². The van der Waals surface area contributed by atoms with Crippen LogP contribution in [0.25, 0.3) is 33.9 Å². The summed E-state index contributed by atoms with van der Waals surface area (Å²) in [5.74, 6) is 1.20. The second kappa shape index (κ2) is 14.0. The first-order valence-corrected chi connectivity index (χ1v) is 19.6. The molecule has 7 aromatic rings. The van der Waals surface area contributed by atoms with Crippen LogP contribution in [0.5, 0.6) is 11.5 Å². The number of aromatic nitrogens is 2. The van der Waals surface area contributed by atoms with Gasteiger partial charge in [0.15, 0.2) is 0 Å². The molecule has 0 atom stereocenters. The van der Waals surface area contributed by atoms with Crippen LogP contribution in [0.2, 0.25) is 0 Å². The molecule has 0 unspecified atom stereocenters. The van der Waals surface area contributed by atoms with E-state index < -0.39 is 5.79 Å². The number of aryl methyl sites for hydroxylation is 4. The van der Waals surface area contributed by atoms with E-state index in [1.54, 1.807) is 14.2 Å². The Morgan fingerprint density at radius 1 is 0.518 bits per heavy atom. The molecule has 56 heavy (non-hydrogen) atoms. The normalized spacial score (nSPS) is 15.2. The Morgan fingerprint density at radius 2 is 1.05 bits per heavy atom. The Balaban J connectivity index is 1.41. The maximum absolute atomic E-state index is 6.01. The number of aliphatic imine (C=N–C) groups is 2. The summed E-state index contributed by atoms with van der Waals surface area (Å²) in [6.07, 6.45) is 5.84. The molecule has 0 fully saturated rings. The van der Waals surface area contributed by atoms with Gasteiger partial charge >= 0.3 is 0 Å². The average molecular weight is 731 g/mol.